The van der Waals surface area contributed by atoms with Crippen molar-refractivity contribution in [2.75, 3.05) is 6.26 Å². The predicted molar refractivity (Wildman–Crippen MR) is 86.6 cm³/mol. The van der Waals surface area contributed by atoms with Crippen molar-refractivity contribution in [2.45, 2.75) is 12.1 Å². The SMILES string of the molecule is CC(=O)c1cc(Cl)ccc1OC(=O)c1nc(S(C)(=O)=O)ncc1Cl. The molecule has 10 heteroatoms. The van der Waals surface area contributed by atoms with E-state index in [1.54, 1.807) is 0 Å². The highest BCUT2D eigenvalue weighted by Crippen LogP contribution is 2.25. The molecular weight excluding hydrogens is 379 g/mol. The van der Waals surface area contributed by atoms with Crippen molar-refractivity contribution < 1.29 is 22.7 Å². The second kappa shape index (κ2) is 6.84. The predicted octanol–water partition coefficient (Wildman–Crippen LogP) is 2.61. The van der Waals surface area contributed by atoms with E-state index in [0.29, 0.717) is 5.02 Å². The van der Waals surface area contributed by atoms with Crippen molar-refractivity contribution in [1.29, 1.82) is 0 Å². The number of halogens is 2. The molecule has 1 aromatic carbocycles. The first-order valence-corrected chi connectivity index (χ1v) is 8.99. The minimum Gasteiger partial charge on any atom is -0.421 e. The van der Waals surface area contributed by atoms with E-state index in [1.807, 2.05) is 0 Å². The zero-order valence-corrected chi connectivity index (χ0v) is 14.7. The average Bonchev–Trinajstić information content (AvgIpc) is 2.48. The lowest BCUT2D eigenvalue weighted by Gasteiger charge is -2.09. The maximum absolute atomic E-state index is 12.2. The summed E-state index contributed by atoms with van der Waals surface area (Å²) in [7, 11) is -3.74. The molecule has 0 radical (unpaired) electrons. The van der Waals surface area contributed by atoms with Crippen LogP contribution in [0.2, 0.25) is 10.0 Å². The van der Waals surface area contributed by atoms with E-state index < -0.39 is 26.7 Å². The van der Waals surface area contributed by atoms with Crippen molar-refractivity contribution in [3.05, 3.63) is 45.7 Å². The first-order chi connectivity index (χ1) is 11.1. The number of aromatic nitrogens is 2. The number of rotatable bonds is 4. The Kier molecular flexibility index (Phi) is 5.22. The third-order valence-corrected chi connectivity index (χ3v) is 4.14. The fourth-order valence-corrected chi connectivity index (χ4v) is 2.53. The van der Waals surface area contributed by atoms with Gasteiger partial charge < -0.3 is 4.74 Å². The monoisotopic (exact) mass is 388 g/mol. The topological polar surface area (TPSA) is 103 Å². The highest BCUT2D eigenvalue weighted by atomic mass is 35.5. The molecule has 0 saturated carbocycles. The van der Waals surface area contributed by atoms with Gasteiger partial charge in [0.25, 0.3) is 0 Å². The van der Waals surface area contributed by atoms with Crippen LogP contribution in [-0.2, 0) is 9.84 Å². The molecule has 7 nitrogen and oxygen atoms in total. The summed E-state index contributed by atoms with van der Waals surface area (Å²) in [6, 6.07) is 4.11. The lowest BCUT2D eigenvalue weighted by Crippen LogP contribution is -2.16. The fraction of sp³-hybridized carbons (Fsp3) is 0.143. The molecule has 24 heavy (non-hydrogen) atoms. The molecule has 126 valence electrons. The van der Waals surface area contributed by atoms with Gasteiger partial charge in [-0.15, -0.1) is 0 Å². The summed E-state index contributed by atoms with van der Waals surface area (Å²) in [6.07, 6.45) is 1.87. The van der Waals surface area contributed by atoms with Gasteiger partial charge in [-0.2, -0.15) is 0 Å². The van der Waals surface area contributed by atoms with E-state index in [2.05, 4.69) is 9.97 Å². The van der Waals surface area contributed by atoms with Crippen molar-refractivity contribution in [3.8, 4) is 5.75 Å². The summed E-state index contributed by atoms with van der Waals surface area (Å²) in [6.45, 7) is 1.28. The molecule has 2 aromatic rings. The van der Waals surface area contributed by atoms with Gasteiger partial charge in [0, 0.05) is 11.3 Å². The van der Waals surface area contributed by atoms with Crippen molar-refractivity contribution in [1.82, 2.24) is 9.97 Å². The molecule has 0 spiro atoms. The number of Topliss-reactive ketones (excluding diaryl/α,β-unsaturated/α-hetero) is 1. The van der Waals surface area contributed by atoms with Crippen LogP contribution >= 0.6 is 23.2 Å². The molecule has 0 aliphatic heterocycles. The van der Waals surface area contributed by atoms with E-state index in [-0.39, 0.29) is 22.1 Å². The molecular formula is C14H10Cl2N2O5S. The quantitative estimate of drug-likeness (QED) is 0.343. The number of carbonyl (C=O) groups is 2. The Labute approximate surface area is 147 Å². The molecule has 0 N–H and O–H groups in total. The molecule has 0 aliphatic carbocycles. The summed E-state index contributed by atoms with van der Waals surface area (Å²) in [5, 5.41) is -0.466. The van der Waals surface area contributed by atoms with E-state index in [1.165, 1.54) is 25.1 Å². The number of ketones is 1. The largest absolute Gasteiger partial charge is 0.421 e. The maximum Gasteiger partial charge on any atom is 0.364 e. The summed E-state index contributed by atoms with van der Waals surface area (Å²) in [5.41, 5.74) is -0.346. The Hall–Kier alpha value is -2.03. The molecule has 0 fully saturated rings. The van der Waals surface area contributed by atoms with Gasteiger partial charge in [-0.25, -0.2) is 23.2 Å². The number of esters is 1. The highest BCUT2D eigenvalue weighted by Gasteiger charge is 2.22. The Bertz CT molecular complexity index is 944. The number of hydrogen-bond donors (Lipinski definition) is 0. The minimum absolute atomic E-state index is 0.0486. The first-order valence-electron chi connectivity index (χ1n) is 6.35. The third kappa shape index (κ3) is 4.08. The van der Waals surface area contributed by atoms with Crippen LogP contribution in [0, 0.1) is 0 Å². The van der Waals surface area contributed by atoms with Gasteiger partial charge in [0.1, 0.15) is 5.75 Å². The van der Waals surface area contributed by atoms with Crippen LogP contribution in [-0.4, -0.2) is 36.4 Å². The van der Waals surface area contributed by atoms with Gasteiger partial charge in [0.2, 0.25) is 15.0 Å². The van der Waals surface area contributed by atoms with Crippen LogP contribution in [0.3, 0.4) is 0 Å². The summed E-state index contributed by atoms with van der Waals surface area (Å²) >= 11 is 11.6. The second-order valence-corrected chi connectivity index (χ2v) is 7.46. The Morgan fingerprint density at radius 1 is 1.21 bits per heavy atom. The van der Waals surface area contributed by atoms with Crippen LogP contribution in [0.15, 0.2) is 29.6 Å². The number of sulfone groups is 1. The fourth-order valence-electron chi connectivity index (χ4n) is 1.69. The van der Waals surface area contributed by atoms with Gasteiger partial charge in [0.15, 0.2) is 11.5 Å². The number of hydrogen-bond acceptors (Lipinski definition) is 7. The van der Waals surface area contributed by atoms with Crippen molar-refractivity contribution in [3.63, 3.8) is 0 Å². The van der Waals surface area contributed by atoms with Gasteiger partial charge in [-0.05, 0) is 25.1 Å². The van der Waals surface area contributed by atoms with Gasteiger partial charge in [-0.3, -0.25) is 4.79 Å². The van der Waals surface area contributed by atoms with E-state index in [0.717, 1.165) is 12.5 Å². The number of benzene rings is 1. The zero-order chi connectivity index (χ0) is 18.1. The minimum atomic E-state index is -3.74. The number of carbonyl (C=O) groups excluding carboxylic acids is 2. The average molecular weight is 389 g/mol. The Morgan fingerprint density at radius 3 is 2.46 bits per heavy atom. The third-order valence-electron chi connectivity index (χ3n) is 2.77. The number of nitrogens with zero attached hydrogens (tertiary/aromatic N) is 2. The number of ether oxygens (including phenoxy) is 1. The van der Waals surface area contributed by atoms with E-state index in [9.17, 15) is 18.0 Å². The normalized spacial score (nSPS) is 11.2. The first kappa shape index (κ1) is 18.3. The molecule has 0 saturated heterocycles. The van der Waals surface area contributed by atoms with E-state index in [4.69, 9.17) is 27.9 Å². The van der Waals surface area contributed by atoms with Crippen LogP contribution in [0.5, 0.6) is 5.75 Å². The maximum atomic E-state index is 12.2. The van der Waals surface area contributed by atoms with Crippen LogP contribution < -0.4 is 4.74 Å². The highest BCUT2D eigenvalue weighted by molar-refractivity contribution is 7.90. The van der Waals surface area contributed by atoms with Crippen LogP contribution in [0.1, 0.15) is 27.8 Å². The summed E-state index contributed by atoms with van der Waals surface area (Å²) in [5.74, 6) is -1.45. The molecule has 1 heterocycles. The molecule has 0 bridgehead atoms. The van der Waals surface area contributed by atoms with Crippen molar-refractivity contribution >= 4 is 44.8 Å². The van der Waals surface area contributed by atoms with Gasteiger partial charge in [0.05, 0.1) is 16.8 Å². The lowest BCUT2D eigenvalue weighted by atomic mass is 10.1. The van der Waals surface area contributed by atoms with Gasteiger partial charge >= 0.3 is 5.97 Å². The summed E-state index contributed by atoms with van der Waals surface area (Å²) < 4.78 is 28.1. The lowest BCUT2D eigenvalue weighted by molar-refractivity contribution is 0.0725. The molecule has 1 aromatic heterocycles. The Morgan fingerprint density at radius 2 is 1.88 bits per heavy atom. The second-order valence-electron chi connectivity index (χ2n) is 4.71. The van der Waals surface area contributed by atoms with Crippen LogP contribution in [0.25, 0.3) is 0 Å². The molecule has 0 atom stereocenters. The molecule has 0 aliphatic rings. The van der Waals surface area contributed by atoms with Gasteiger partial charge in [-0.1, -0.05) is 23.2 Å². The zero-order valence-electron chi connectivity index (χ0n) is 12.4. The van der Waals surface area contributed by atoms with Crippen molar-refractivity contribution in [2.24, 2.45) is 0 Å². The smallest absolute Gasteiger partial charge is 0.364 e. The van der Waals surface area contributed by atoms with Crippen LogP contribution in [0.4, 0.5) is 0 Å². The standard InChI is InChI=1S/C14H10Cl2N2O5S/c1-7(19)9-5-8(15)3-4-11(9)23-13(20)12-10(16)6-17-14(18-12)24(2,21)22/h3-6H,1-2H3. The Balaban J connectivity index is 2.43. The molecule has 2 rings (SSSR count). The molecule has 0 amide bonds. The molecule has 0 unspecified atom stereocenters. The van der Waals surface area contributed by atoms with E-state index >= 15 is 0 Å². The summed E-state index contributed by atoms with van der Waals surface area (Å²) in [4.78, 5) is 31.0.